The third-order valence-electron chi connectivity index (χ3n) is 3.70. The van der Waals surface area contributed by atoms with Gasteiger partial charge in [-0.1, -0.05) is 27.7 Å². The van der Waals surface area contributed by atoms with Crippen molar-refractivity contribution in [2.45, 2.75) is 46.6 Å². The minimum atomic E-state index is 0.189. The molecule has 0 spiro atoms. The van der Waals surface area contributed by atoms with Crippen LogP contribution in [0.15, 0.2) is 12.5 Å². The standard InChI is InChI=1S/C15H25N5/c1-6-7-16-13(15(2,3)4)8-12-11-9-19-20(5)14(11)18-10-17-12/h9-10,13,16H,6-8H2,1-5H3. The van der Waals surface area contributed by atoms with Crippen molar-refractivity contribution >= 4 is 11.0 Å². The third-order valence-corrected chi connectivity index (χ3v) is 3.70. The van der Waals surface area contributed by atoms with Crippen molar-refractivity contribution in [3.63, 3.8) is 0 Å². The molecule has 0 saturated carbocycles. The predicted molar refractivity (Wildman–Crippen MR) is 81.5 cm³/mol. The largest absolute Gasteiger partial charge is 0.313 e. The van der Waals surface area contributed by atoms with Crippen LogP contribution in [0.4, 0.5) is 0 Å². The highest BCUT2D eigenvalue weighted by Gasteiger charge is 2.25. The lowest BCUT2D eigenvalue weighted by molar-refractivity contribution is 0.266. The molecule has 0 aromatic carbocycles. The van der Waals surface area contributed by atoms with Crippen molar-refractivity contribution in [1.29, 1.82) is 0 Å². The molecule has 1 atom stereocenters. The Morgan fingerprint density at radius 1 is 1.30 bits per heavy atom. The average Bonchev–Trinajstić information content (AvgIpc) is 2.76. The maximum absolute atomic E-state index is 4.48. The molecule has 0 saturated heterocycles. The molecule has 0 aliphatic carbocycles. The molecule has 5 heteroatoms. The van der Waals surface area contributed by atoms with Crippen LogP contribution in [-0.2, 0) is 13.5 Å². The van der Waals surface area contributed by atoms with E-state index in [1.807, 2.05) is 13.2 Å². The van der Waals surface area contributed by atoms with Crippen LogP contribution in [0, 0.1) is 5.41 Å². The van der Waals surface area contributed by atoms with Gasteiger partial charge in [0.15, 0.2) is 5.65 Å². The molecule has 0 bridgehead atoms. The topological polar surface area (TPSA) is 55.6 Å². The van der Waals surface area contributed by atoms with Gasteiger partial charge in [0, 0.05) is 19.5 Å². The predicted octanol–water partition coefficient (Wildman–Crippen LogP) is 2.32. The van der Waals surface area contributed by atoms with Gasteiger partial charge in [-0.05, 0) is 18.4 Å². The van der Waals surface area contributed by atoms with Gasteiger partial charge in [-0.2, -0.15) is 5.10 Å². The Morgan fingerprint density at radius 3 is 2.70 bits per heavy atom. The molecule has 0 amide bonds. The lowest BCUT2D eigenvalue weighted by atomic mass is 9.83. The number of nitrogens with zero attached hydrogens (tertiary/aromatic N) is 4. The summed E-state index contributed by atoms with van der Waals surface area (Å²) in [5.74, 6) is 0. The van der Waals surface area contributed by atoms with Crippen LogP contribution in [0.2, 0.25) is 0 Å². The Balaban J connectivity index is 2.28. The van der Waals surface area contributed by atoms with E-state index in [0.29, 0.717) is 6.04 Å². The van der Waals surface area contributed by atoms with Gasteiger partial charge in [0.2, 0.25) is 0 Å². The van der Waals surface area contributed by atoms with Crippen LogP contribution < -0.4 is 5.32 Å². The van der Waals surface area contributed by atoms with Gasteiger partial charge in [0.05, 0.1) is 17.3 Å². The molecule has 0 aliphatic rings. The van der Waals surface area contributed by atoms with Crippen molar-refractivity contribution in [2.75, 3.05) is 6.54 Å². The lowest BCUT2D eigenvalue weighted by Crippen LogP contribution is -2.42. The number of hydrogen-bond donors (Lipinski definition) is 1. The monoisotopic (exact) mass is 275 g/mol. The van der Waals surface area contributed by atoms with Crippen molar-refractivity contribution in [3.8, 4) is 0 Å². The number of nitrogens with one attached hydrogen (secondary N) is 1. The Morgan fingerprint density at radius 2 is 2.05 bits per heavy atom. The van der Waals surface area contributed by atoms with Crippen molar-refractivity contribution in [2.24, 2.45) is 12.5 Å². The van der Waals surface area contributed by atoms with Gasteiger partial charge >= 0.3 is 0 Å². The number of hydrogen-bond acceptors (Lipinski definition) is 4. The van der Waals surface area contributed by atoms with E-state index in [-0.39, 0.29) is 5.41 Å². The Bertz CT molecular complexity index is 567. The third kappa shape index (κ3) is 3.15. The van der Waals surface area contributed by atoms with E-state index in [9.17, 15) is 0 Å². The fourth-order valence-electron chi connectivity index (χ4n) is 2.37. The summed E-state index contributed by atoms with van der Waals surface area (Å²) in [5.41, 5.74) is 2.17. The lowest BCUT2D eigenvalue weighted by Gasteiger charge is -2.31. The molecule has 2 heterocycles. The summed E-state index contributed by atoms with van der Waals surface area (Å²) in [5, 5.41) is 8.98. The van der Waals surface area contributed by atoms with Crippen molar-refractivity contribution in [3.05, 3.63) is 18.2 Å². The first-order chi connectivity index (χ1) is 9.43. The fourth-order valence-corrected chi connectivity index (χ4v) is 2.37. The van der Waals surface area contributed by atoms with Gasteiger partial charge in [-0.25, -0.2) is 9.97 Å². The zero-order chi connectivity index (χ0) is 14.8. The van der Waals surface area contributed by atoms with Crippen LogP contribution in [0.5, 0.6) is 0 Å². The van der Waals surface area contributed by atoms with Gasteiger partial charge < -0.3 is 5.32 Å². The van der Waals surface area contributed by atoms with Gasteiger partial charge in [-0.15, -0.1) is 0 Å². The summed E-state index contributed by atoms with van der Waals surface area (Å²) in [6, 6.07) is 0.390. The van der Waals surface area contributed by atoms with Gasteiger partial charge in [0.25, 0.3) is 0 Å². The molecule has 1 N–H and O–H groups in total. The van der Waals surface area contributed by atoms with Gasteiger partial charge in [-0.3, -0.25) is 4.68 Å². The van der Waals surface area contributed by atoms with E-state index in [0.717, 1.165) is 36.1 Å². The quantitative estimate of drug-likeness (QED) is 0.910. The zero-order valence-electron chi connectivity index (χ0n) is 13.1. The van der Waals surface area contributed by atoms with E-state index in [1.54, 1.807) is 11.0 Å². The second-order valence-electron chi connectivity index (χ2n) is 6.40. The van der Waals surface area contributed by atoms with E-state index < -0.39 is 0 Å². The summed E-state index contributed by atoms with van der Waals surface area (Å²) in [4.78, 5) is 8.78. The molecule has 2 aromatic heterocycles. The van der Waals surface area contributed by atoms with Crippen LogP contribution in [0.1, 0.15) is 39.8 Å². The Kier molecular flexibility index (Phi) is 4.38. The fraction of sp³-hybridized carbons (Fsp3) is 0.667. The Hall–Kier alpha value is -1.49. The highest BCUT2D eigenvalue weighted by molar-refractivity contribution is 5.76. The summed E-state index contributed by atoms with van der Waals surface area (Å²) in [6.45, 7) is 10.0. The highest BCUT2D eigenvalue weighted by Crippen LogP contribution is 2.24. The molecule has 1 unspecified atom stereocenters. The molecule has 0 radical (unpaired) electrons. The second kappa shape index (κ2) is 5.87. The number of aromatic nitrogens is 4. The molecular weight excluding hydrogens is 250 g/mol. The summed E-state index contributed by atoms with van der Waals surface area (Å²) >= 11 is 0. The van der Waals surface area contributed by atoms with E-state index >= 15 is 0 Å². The molecule has 5 nitrogen and oxygen atoms in total. The smallest absolute Gasteiger partial charge is 0.161 e. The molecular formula is C15H25N5. The Labute approximate surface area is 120 Å². The van der Waals surface area contributed by atoms with E-state index in [2.05, 4.69) is 48.1 Å². The second-order valence-corrected chi connectivity index (χ2v) is 6.40. The minimum absolute atomic E-state index is 0.189. The summed E-state index contributed by atoms with van der Waals surface area (Å²) < 4.78 is 1.80. The first-order valence-electron chi connectivity index (χ1n) is 7.28. The molecule has 110 valence electrons. The van der Waals surface area contributed by atoms with Gasteiger partial charge in [0.1, 0.15) is 6.33 Å². The summed E-state index contributed by atoms with van der Waals surface area (Å²) in [6.07, 6.45) is 5.54. The first-order valence-corrected chi connectivity index (χ1v) is 7.28. The van der Waals surface area contributed by atoms with Crippen LogP contribution in [0.25, 0.3) is 11.0 Å². The molecule has 0 aliphatic heterocycles. The first kappa shape index (κ1) is 14.9. The number of fused-ring (bicyclic) bond motifs is 1. The van der Waals surface area contributed by atoms with Crippen molar-refractivity contribution < 1.29 is 0 Å². The summed E-state index contributed by atoms with van der Waals surface area (Å²) in [7, 11) is 1.91. The molecule has 0 fully saturated rings. The van der Waals surface area contributed by atoms with Crippen LogP contribution in [-0.4, -0.2) is 32.3 Å². The normalized spacial score (nSPS) is 13.8. The molecule has 2 rings (SSSR count). The van der Waals surface area contributed by atoms with Crippen LogP contribution in [0.3, 0.4) is 0 Å². The van der Waals surface area contributed by atoms with E-state index in [4.69, 9.17) is 0 Å². The highest BCUT2D eigenvalue weighted by atomic mass is 15.3. The van der Waals surface area contributed by atoms with E-state index in [1.165, 1.54) is 0 Å². The maximum Gasteiger partial charge on any atom is 0.161 e. The van der Waals surface area contributed by atoms with Crippen molar-refractivity contribution in [1.82, 2.24) is 25.1 Å². The molecule has 20 heavy (non-hydrogen) atoms. The molecule has 2 aromatic rings. The zero-order valence-corrected chi connectivity index (χ0v) is 13.1. The minimum Gasteiger partial charge on any atom is -0.313 e. The average molecular weight is 275 g/mol. The van der Waals surface area contributed by atoms with Crippen LogP contribution >= 0.6 is 0 Å². The maximum atomic E-state index is 4.48. The number of aryl methyl sites for hydroxylation is 1. The number of rotatable bonds is 5. The SMILES string of the molecule is CCCNC(Cc1ncnc2c1cnn2C)C(C)(C)C.